The smallest absolute Gasteiger partial charge is 0.308 e. The van der Waals surface area contributed by atoms with Crippen molar-refractivity contribution in [2.24, 2.45) is 17.8 Å². The molecule has 0 heterocycles. The molecule has 0 fully saturated rings. The number of carbonyl (C=O) groups excluding carboxylic acids is 1. The highest BCUT2D eigenvalue weighted by Gasteiger charge is 2.17. The van der Waals surface area contributed by atoms with Gasteiger partial charge in [0.1, 0.15) is 0 Å². The molecule has 0 aromatic heterocycles. The van der Waals surface area contributed by atoms with Crippen LogP contribution in [0.4, 0.5) is 0 Å². The number of rotatable bonds is 6. The molecule has 0 aliphatic carbocycles. The van der Waals surface area contributed by atoms with Crippen molar-refractivity contribution in [2.75, 3.05) is 7.11 Å². The number of methoxy groups -OCH3 is 1. The molecule has 0 aromatic rings. The summed E-state index contributed by atoms with van der Waals surface area (Å²) in [6, 6.07) is 0. The third-order valence-electron chi connectivity index (χ3n) is 2.86. The minimum atomic E-state index is -0.0824. The molecule has 2 heteroatoms. The van der Waals surface area contributed by atoms with E-state index < -0.39 is 0 Å². The summed E-state index contributed by atoms with van der Waals surface area (Å²) in [6.45, 7) is 8.63. The molecule has 84 valence electrons. The van der Waals surface area contributed by atoms with Crippen LogP contribution in [0.25, 0.3) is 0 Å². The van der Waals surface area contributed by atoms with Crippen molar-refractivity contribution in [3.8, 4) is 0 Å². The Labute approximate surface area is 88.0 Å². The molecule has 0 aliphatic heterocycles. The van der Waals surface area contributed by atoms with Gasteiger partial charge in [0, 0.05) is 0 Å². The van der Waals surface area contributed by atoms with Gasteiger partial charge >= 0.3 is 5.97 Å². The van der Waals surface area contributed by atoms with E-state index in [0.29, 0.717) is 5.92 Å². The van der Waals surface area contributed by atoms with Gasteiger partial charge in [-0.15, -0.1) is 0 Å². The Bertz CT molecular complexity index is 166. The lowest BCUT2D eigenvalue weighted by Gasteiger charge is -2.18. The normalized spacial score (nSPS) is 17.2. The van der Waals surface area contributed by atoms with Crippen molar-refractivity contribution in [3.63, 3.8) is 0 Å². The summed E-state index contributed by atoms with van der Waals surface area (Å²) in [6.07, 6.45) is 3.37. The van der Waals surface area contributed by atoms with Gasteiger partial charge in [0.2, 0.25) is 0 Å². The largest absolute Gasteiger partial charge is 0.469 e. The molecule has 0 saturated heterocycles. The van der Waals surface area contributed by atoms with E-state index in [0.717, 1.165) is 12.3 Å². The Balaban J connectivity index is 3.81. The Morgan fingerprint density at radius 1 is 1.14 bits per heavy atom. The first-order valence-electron chi connectivity index (χ1n) is 5.59. The van der Waals surface area contributed by atoms with Crippen LogP contribution in [0.15, 0.2) is 0 Å². The third-order valence-corrected chi connectivity index (χ3v) is 2.86. The first-order valence-corrected chi connectivity index (χ1v) is 5.59. The van der Waals surface area contributed by atoms with Gasteiger partial charge in [-0.05, 0) is 24.7 Å². The van der Waals surface area contributed by atoms with Crippen molar-refractivity contribution < 1.29 is 9.53 Å². The number of hydrogen-bond donors (Lipinski definition) is 0. The van der Waals surface area contributed by atoms with Gasteiger partial charge in [-0.25, -0.2) is 0 Å². The molecule has 0 rings (SSSR count). The zero-order chi connectivity index (χ0) is 11.1. The lowest BCUT2D eigenvalue weighted by atomic mass is 9.88. The van der Waals surface area contributed by atoms with Crippen molar-refractivity contribution in [3.05, 3.63) is 0 Å². The highest BCUT2D eigenvalue weighted by molar-refractivity contribution is 5.71. The van der Waals surface area contributed by atoms with E-state index in [1.54, 1.807) is 0 Å². The molecular weight excluding hydrogens is 176 g/mol. The summed E-state index contributed by atoms with van der Waals surface area (Å²) in [4.78, 5) is 11.2. The van der Waals surface area contributed by atoms with Crippen LogP contribution in [-0.2, 0) is 9.53 Å². The summed E-state index contributed by atoms with van der Waals surface area (Å²) in [5.41, 5.74) is 0. The second kappa shape index (κ2) is 6.86. The summed E-state index contributed by atoms with van der Waals surface area (Å²) in [7, 11) is 1.46. The number of ether oxygens (including phenoxy) is 1. The Hall–Kier alpha value is -0.530. The lowest BCUT2D eigenvalue weighted by molar-refractivity contribution is -0.145. The molecule has 0 spiro atoms. The second-order valence-corrected chi connectivity index (χ2v) is 4.51. The van der Waals surface area contributed by atoms with Gasteiger partial charge in [0.25, 0.3) is 0 Å². The molecule has 0 saturated carbocycles. The molecule has 0 amide bonds. The van der Waals surface area contributed by atoms with Crippen LogP contribution >= 0.6 is 0 Å². The predicted molar refractivity (Wildman–Crippen MR) is 59.0 cm³/mol. The highest BCUT2D eigenvalue weighted by atomic mass is 16.5. The van der Waals surface area contributed by atoms with E-state index in [-0.39, 0.29) is 11.9 Å². The molecule has 0 aliphatic rings. The van der Waals surface area contributed by atoms with Crippen LogP contribution in [0.5, 0.6) is 0 Å². The predicted octanol–water partition coefficient (Wildman–Crippen LogP) is 3.26. The van der Waals surface area contributed by atoms with E-state index in [1.165, 1.54) is 20.0 Å². The molecule has 0 bridgehead atoms. The van der Waals surface area contributed by atoms with Gasteiger partial charge < -0.3 is 4.74 Å². The second-order valence-electron chi connectivity index (χ2n) is 4.51. The monoisotopic (exact) mass is 200 g/mol. The number of carbonyl (C=O) groups is 1. The third kappa shape index (κ3) is 5.25. The van der Waals surface area contributed by atoms with Gasteiger partial charge in [0.05, 0.1) is 13.0 Å². The van der Waals surface area contributed by atoms with Gasteiger partial charge in [-0.3, -0.25) is 4.79 Å². The van der Waals surface area contributed by atoms with E-state index in [2.05, 4.69) is 20.8 Å². The number of hydrogen-bond acceptors (Lipinski definition) is 2. The molecule has 0 aromatic carbocycles. The fourth-order valence-electron chi connectivity index (χ4n) is 1.85. The van der Waals surface area contributed by atoms with E-state index >= 15 is 0 Å². The molecule has 3 atom stereocenters. The van der Waals surface area contributed by atoms with Crippen LogP contribution in [0.3, 0.4) is 0 Å². The van der Waals surface area contributed by atoms with Gasteiger partial charge in [-0.1, -0.05) is 34.1 Å². The Kier molecular flexibility index (Phi) is 6.60. The first-order chi connectivity index (χ1) is 6.51. The van der Waals surface area contributed by atoms with Crippen molar-refractivity contribution in [1.29, 1.82) is 0 Å². The maximum Gasteiger partial charge on any atom is 0.308 e. The number of esters is 1. The minimum Gasteiger partial charge on any atom is -0.469 e. The van der Waals surface area contributed by atoms with Crippen LogP contribution < -0.4 is 0 Å². The van der Waals surface area contributed by atoms with E-state index in [1.807, 2.05) is 6.92 Å². The van der Waals surface area contributed by atoms with Gasteiger partial charge in [0.15, 0.2) is 0 Å². The molecule has 0 unspecified atom stereocenters. The quantitative estimate of drug-likeness (QED) is 0.615. The maximum atomic E-state index is 11.2. The molecule has 2 nitrogen and oxygen atoms in total. The van der Waals surface area contributed by atoms with Crippen LogP contribution in [-0.4, -0.2) is 13.1 Å². The fourth-order valence-corrected chi connectivity index (χ4v) is 1.85. The Morgan fingerprint density at radius 3 is 2.14 bits per heavy atom. The van der Waals surface area contributed by atoms with E-state index in [9.17, 15) is 4.79 Å². The molecule has 0 radical (unpaired) electrons. The molecule has 0 N–H and O–H groups in total. The molecular formula is C12H24O2. The zero-order valence-corrected chi connectivity index (χ0v) is 10.2. The first kappa shape index (κ1) is 13.5. The summed E-state index contributed by atoms with van der Waals surface area (Å²) < 4.78 is 4.71. The highest BCUT2D eigenvalue weighted by Crippen LogP contribution is 2.21. The van der Waals surface area contributed by atoms with Crippen LogP contribution in [0, 0.1) is 17.8 Å². The van der Waals surface area contributed by atoms with Crippen molar-refractivity contribution in [1.82, 2.24) is 0 Å². The average molecular weight is 200 g/mol. The van der Waals surface area contributed by atoms with Crippen molar-refractivity contribution in [2.45, 2.75) is 47.0 Å². The van der Waals surface area contributed by atoms with Crippen molar-refractivity contribution >= 4 is 5.97 Å². The summed E-state index contributed by atoms with van der Waals surface area (Å²) >= 11 is 0. The summed E-state index contributed by atoms with van der Waals surface area (Å²) in [5.74, 6) is 1.33. The fraction of sp³-hybridized carbons (Fsp3) is 0.917. The lowest BCUT2D eigenvalue weighted by Crippen LogP contribution is -2.16. The van der Waals surface area contributed by atoms with Gasteiger partial charge in [-0.2, -0.15) is 0 Å². The van der Waals surface area contributed by atoms with Crippen LogP contribution in [0.2, 0.25) is 0 Å². The minimum absolute atomic E-state index is 0.0408. The average Bonchev–Trinajstić information content (AvgIpc) is 2.15. The maximum absolute atomic E-state index is 11.2. The Morgan fingerprint density at radius 2 is 1.71 bits per heavy atom. The zero-order valence-electron chi connectivity index (χ0n) is 10.2. The standard InChI is InChI=1S/C12H24O2/c1-6-9(2)7-10(3)8-11(4)12(13)14-5/h9-11H,6-8H2,1-5H3/t9-,10+,11-/m0/s1. The topological polar surface area (TPSA) is 26.3 Å². The van der Waals surface area contributed by atoms with Crippen LogP contribution in [0.1, 0.15) is 47.0 Å². The SMILES string of the molecule is CC[C@H](C)C[C@@H](C)C[C@H](C)C(=O)OC. The molecule has 14 heavy (non-hydrogen) atoms. The van der Waals surface area contributed by atoms with E-state index in [4.69, 9.17) is 4.74 Å². The summed E-state index contributed by atoms with van der Waals surface area (Å²) in [5, 5.41) is 0.